The Balaban J connectivity index is 2.17. The van der Waals surface area contributed by atoms with E-state index in [4.69, 9.17) is 10.5 Å². The third kappa shape index (κ3) is 2.46. The molecule has 1 saturated heterocycles. The molecule has 1 aliphatic heterocycles. The van der Waals surface area contributed by atoms with Crippen LogP contribution in [0.1, 0.15) is 19.8 Å². The highest BCUT2D eigenvalue weighted by Crippen LogP contribution is 2.23. The van der Waals surface area contributed by atoms with Crippen LogP contribution in [0.15, 0.2) is 12.3 Å². The fourth-order valence-corrected chi connectivity index (χ4v) is 1.99. The maximum atomic E-state index is 11.8. The van der Waals surface area contributed by atoms with Crippen LogP contribution in [0.5, 0.6) is 0 Å². The Bertz CT molecular complexity index is 410. The Morgan fingerprint density at radius 3 is 3.24 bits per heavy atom. The number of hydrogen-bond acceptors (Lipinski definition) is 6. The number of nitrogens with zero attached hydrogens (tertiary/aromatic N) is 3. The molecule has 1 atom stereocenters. The van der Waals surface area contributed by atoms with Crippen LogP contribution in [0.25, 0.3) is 0 Å². The second kappa shape index (κ2) is 4.99. The molecule has 0 aliphatic carbocycles. The van der Waals surface area contributed by atoms with Crippen LogP contribution >= 0.6 is 0 Å². The predicted octanol–water partition coefficient (Wildman–Crippen LogP) is 0.591. The van der Waals surface area contributed by atoms with E-state index < -0.39 is 0 Å². The maximum Gasteiger partial charge on any atom is 0.328 e. The van der Waals surface area contributed by atoms with Gasteiger partial charge in [-0.15, -0.1) is 0 Å². The van der Waals surface area contributed by atoms with Gasteiger partial charge in [0.25, 0.3) is 0 Å². The second-order valence-corrected chi connectivity index (χ2v) is 3.88. The standard InChI is InChI=1S/C11H16N4O2/c1-2-17-10(16)8-4-3-7-15(8)11-13-6-5-9(12)14-11/h5-6,8H,2-4,7H2,1H3,(H2,12,13,14). The molecule has 0 spiro atoms. The van der Waals surface area contributed by atoms with Crippen LogP contribution in [0.4, 0.5) is 11.8 Å². The number of anilines is 2. The molecule has 1 unspecified atom stereocenters. The Morgan fingerprint density at radius 1 is 1.71 bits per heavy atom. The van der Waals surface area contributed by atoms with E-state index >= 15 is 0 Å². The first-order valence-electron chi connectivity index (χ1n) is 5.74. The van der Waals surface area contributed by atoms with Gasteiger partial charge in [0.15, 0.2) is 0 Å². The van der Waals surface area contributed by atoms with Gasteiger partial charge in [0.2, 0.25) is 5.95 Å². The lowest BCUT2D eigenvalue weighted by molar-refractivity contribution is -0.144. The van der Waals surface area contributed by atoms with Gasteiger partial charge < -0.3 is 15.4 Å². The van der Waals surface area contributed by atoms with Gasteiger partial charge in [0.05, 0.1) is 6.61 Å². The summed E-state index contributed by atoms with van der Waals surface area (Å²) in [6, 6.07) is 1.34. The molecule has 0 amide bonds. The lowest BCUT2D eigenvalue weighted by atomic mass is 10.2. The molecule has 0 saturated carbocycles. The van der Waals surface area contributed by atoms with Crippen molar-refractivity contribution in [3.8, 4) is 0 Å². The summed E-state index contributed by atoms with van der Waals surface area (Å²) < 4.78 is 5.04. The molecule has 2 N–H and O–H groups in total. The van der Waals surface area contributed by atoms with E-state index in [1.807, 2.05) is 4.90 Å². The topological polar surface area (TPSA) is 81.3 Å². The first kappa shape index (κ1) is 11.6. The summed E-state index contributed by atoms with van der Waals surface area (Å²) in [6.45, 7) is 2.95. The smallest absolute Gasteiger partial charge is 0.328 e. The number of carbonyl (C=O) groups is 1. The number of nitrogens with two attached hydrogens (primary N) is 1. The zero-order chi connectivity index (χ0) is 12.3. The first-order valence-corrected chi connectivity index (χ1v) is 5.74. The van der Waals surface area contributed by atoms with Crippen LogP contribution in [0.2, 0.25) is 0 Å². The van der Waals surface area contributed by atoms with Gasteiger partial charge in [-0.3, -0.25) is 0 Å². The average Bonchev–Trinajstić information content (AvgIpc) is 2.78. The molecule has 2 heterocycles. The summed E-state index contributed by atoms with van der Waals surface area (Å²) >= 11 is 0. The van der Waals surface area contributed by atoms with E-state index in [0.29, 0.717) is 18.4 Å². The van der Waals surface area contributed by atoms with Gasteiger partial charge in [-0.05, 0) is 25.8 Å². The number of carbonyl (C=O) groups excluding carboxylic acids is 1. The molecule has 0 bridgehead atoms. The number of hydrogen-bond donors (Lipinski definition) is 1. The van der Waals surface area contributed by atoms with E-state index in [1.54, 1.807) is 19.2 Å². The molecule has 1 aromatic rings. The molecular weight excluding hydrogens is 220 g/mol. The van der Waals surface area contributed by atoms with Crippen LogP contribution < -0.4 is 10.6 Å². The fraction of sp³-hybridized carbons (Fsp3) is 0.545. The SMILES string of the molecule is CCOC(=O)C1CCCN1c1nccc(N)n1. The number of ether oxygens (including phenoxy) is 1. The molecule has 1 aromatic heterocycles. The molecule has 6 heteroatoms. The van der Waals surface area contributed by atoms with Crippen molar-refractivity contribution in [2.75, 3.05) is 23.8 Å². The van der Waals surface area contributed by atoms with Gasteiger partial charge in [-0.1, -0.05) is 0 Å². The van der Waals surface area contributed by atoms with Crippen molar-refractivity contribution < 1.29 is 9.53 Å². The third-order valence-corrected chi connectivity index (χ3v) is 2.73. The molecule has 1 fully saturated rings. The predicted molar refractivity (Wildman–Crippen MR) is 63.4 cm³/mol. The number of aromatic nitrogens is 2. The summed E-state index contributed by atoms with van der Waals surface area (Å²) in [6.07, 6.45) is 3.30. The van der Waals surface area contributed by atoms with Gasteiger partial charge >= 0.3 is 5.97 Å². The highest BCUT2D eigenvalue weighted by molar-refractivity contribution is 5.80. The Hall–Kier alpha value is -1.85. The summed E-state index contributed by atoms with van der Waals surface area (Å²) in [5, 5.41) is 0. The minimum Gasteiger partial charge on any atom is -0.464 e. The number of rotatable bonds is 3. The number of nitrogen functional groups attached to an aromatic ring is 1. The highest BCUT2D eigenvalue weighted by Gasteiger charge is 2.33. The summed E-state index contributed by atoms with van der Waals surface area (Å²) in [5.41, 5.74) is 5.61. The second-order valence-electron chi connectivity index (χ2n) is 3.88. The van der Waals surface area contributed by atoms with Crippen LogP contribution in [0, 0.1) is 0 Å². The van der Waals surface area contributed by atoms with Crippen molar-refractivity contribution >= 4 is 17.7 Å². The van der Waals surface area contributed by atoms with E-state index in [9.17, 15) is 4.79 Å². The molecule has 17 heavy (non-hydrogen) atoms. The van der Waals surface area contributed by atoms with Crippen LogP contribution in [-0.2, 0) is 9.53 Å². The first-order chi connectivity index (χ1) is 8.22. The summed E-state index contributed by atoms with van der Waals surface area (Å²) in [7, 11) is 0. The summed E-state index contributed by atoms with van der Waals surface area (Å²) in [5.74, 6) is 0.695. The fourth-order valence-electron chi connectivity index (χ4n) is 1.99. The number of esters is 1. The van der Waals surface area contributed by atoms with E-state index in [-0.39, 0.29) is 12.0 Å². The van der Waals surface area contributed by atoms with Crippen molar-refractivity contribution in [2.24, 2.45) is 0 Å². The lowest BCUT2D eigenvalue weighted by Crippen LogP contribution is -2.38. The summed E-state index contributed by atoms with van der Waals surface area (Å²) in [4.78, 5) is 21.9. The van der Waals surface area contributed by atoms with Crippen molar-refractivity contribution in [1.82, 2.24) is 9.97 Å². The monoisotopic (exact) mass is 236 g/mol. The van der Waals surface area contributed by atoms with Crippen LogP contribution in [0.3, 0.4) is 0 Å². The van der Waals surface area contributed by atoms with Gasteiger partial charge in [-0.2, -0.15) is 4.98 Å². The van der Waals surface area contributed by atoms with Crippen molar-refractivity contribution in [1.29, 1.82) is 0 Å². The van der Waals surface area contributed by atoms with Gasteiger partial charge in [0, 0.05) is 12.7 Å². The maximum absolute atomic E-state index is 11.8. The largest absolute Gasteiger partial charge is 0.464 e. The van der Waals surface area contributed by atoms with Gasteiger partial charge in [0.1, 0.15) is 11.9 Å². The van der Waals surface area contributed by atoms with Crippen molar-refractivity contribution in [3.63, 3.8) is 0 Å². The minimum absolute atomic E-state index is 0.212. The third-order valence-electron chi connectivity index (χ3n) is 2.73. The zero-order valence-electron chi connectivity index (χ0n) is 9.80. The molecule has 0 radical (unpaired) electrons. The Labute approximate surface area is 99.8 Å². The molecular formula is C11H16N4O2. The molecule has 1 aliphatic rings. The van der Waals surface area contributed by atoms with E-state index in [0.717, 1.165) is 19.4 Å². The minimum atomic E-state index is -0.281. The zero-order valence-corrected chi connectivity index (χ0v) is 9.80. The highest BCUT2D eigenvalue weighted by atomic mass is 16.5. The normalized spacial score (nSPS) is 19.4. The molecule has 0 aromatic carbocycles. The Morgan fingerprint density at radius 2 is 2.53 bits per heavy atom. The average molecular weight is 236 g/mol. The quantitative estimate of drug-likeness (QED) is 0.773. The van der Waals surface area contributed by atoms with Crippen molar-refractivity contribution in [3.05, 3.63) is 12.3 Å². The molecule has 92 valence electrons. The van der Waals surface area contributed by atoms with E-state index in [1.165, 1.54) is 0 Å². The van der Waals surface area contributed by atoms with Crippen LogP contribution in [-0.4, -0.2) is 35.1 Å². The molecule has 2 rings (SSSR count). The Kier molecular flexibility index (Phi) is 3.41. The van der Waals surface area contributed by atoms with Gasteiger partial charge in [-0.25, -0.2) is 9.78 Å². The lowest BCUT2D eigenvalue weighted by Gasteiger charge is -2.22. The molecule has 6 nitrogen and oxygen atoms in total. The van der Waals surface area contributed by atoms with E-state index in [2.05, 4.69) is 9.97 Å². The van der Waals surface area contributed by atoms with Crippen molar-refractivity contribution in [2.45, 2.75) is 25.8 Å².